The first kappa shape index (κ1) is 16.3. The molecule has 0 saturated carbocycles. The minimum absolute atomic E-state index is 0.510. The lowest BCUT2D eigenvalue weighted by molar-refractivity contribution is 0.123. The fourth-order valence-electron chi connectivity index (χ4n) is 2.82. The van der Waals surface area contributed by atoms with Crippen molar-refractivity contribution in [2.24, 2.45) is 0 Å². The van der Waals surface area contributed by atoms with E-state index < -0.39 is 0 Å². The molecule has 0 amide bonds. The van der Waals surface area contributed by atoms with Crippen LogP contribution >= 0.6 is 0 Å². The zero-order valence-electron chi connectivity index (χ0n) is 14.5. The second-order valence-electron chi connectivity index (χ2n) is 5.95. The van der Waals surface area contributed by atoms with Crippen LogP contribution in [0, 0.1) is 6.92 Å². The Bertz CT molecular complexity index is 875. The second kappa shape index (κ2) is 7.40. The summed E-state index contributed by atoms with van der Waals surface area (Å²) in [5.41, 5.74) is 2.08. The van der Waals surface area contributed by atoms with Crippen LogP contribution in [0.1, 0.15) is 5.76 Å². The van der Waals surface area contributed by atoms with Crippen LogP contribution < -0.4 is 15.5 Å². The van der Waals surface area contributed by atoms with Crippen LogP contribution in [-0.2, 0) is 4.74 Å². The molecule has 4 rings (SSSR count). The molecule has 3 heterocycles. The SMILES string of the molecule is Cc1cc(Nc2ccnc(Nc3ccccc3N3CCOCC3)n2)no1. The monoisotopic (exact) mass is 352 g/mol. The molecule has 26 heavy (non-hydrogen) atoms. The summed E-state index contributed by atoms with van der Waals surface area (Å²) >= 11 is 0. The van der Waals surface area contributed by atoms with E-state index in [0.29, 0.717) is 17.6 Å². The average molecular weight is 352 g/mol. The number of hydrogen-bond donors (Lipinski definition) is 2. The molecule has 0 unspecified atom stereocenters. The molecule has 1 saturated heterocycles. The Balaban J connectivity index is 1.53. The molecule has 2 aromatic heterocycles. The Hall–Kier alpha value is -3.13. The highest BCUT2D eigenvalue weighted by atomic mass is 16.5. The summed E-state index contributed by atoms with van der Waals surface area (Å²) in [6, 6.07) is 11.7. The van der Waals surface area contributed by atoms with E-state index in [1.165, 1.54) is 0 Å². The van der Waals surface area contributed by atoms with E-state index in [-0.39, 0.29) is 0 Å². The number of hydrogen-bond acceptors (Lipinski definition) is 8. The first-order valence-electron chi connectivity index (χ1n) is 8.50. The molecule has 0 radical (unpaired) electrons. The zero-order chi connectivity index (χ0) is 17.8. The van der Waals surface area contributed by atoms with Crippen molar-refractivity contribution in [3.05, 3.63) is 48.4 Å². The lowest BCUT2D eigenvalue weighted by atomic mass is 10.2. The minimum atomic E-state index is 0.510. The maximum atomic E-state index is 5.44. The Morgan fingerprint density at radius 3 is 2.69 bits per heavy atom. The van der Waals surface area contributed by atoms with Crippen LogP contribution in [0.15, 0.2) is 47.1 Å². The van der Waals surface area contributed by atoms with Crippen LogP contribution in [0.25, 0.3) is 0 Å². The molecule has 8 nitrogen and oxygen atoms in total. The number of morpholine rings is 1. The van der Waals surface area contributed by atoms with Crippen LogP contribution in [-0.4, -0.2) is 41.4 Å². The topological polar surface area (TPSA) is 88.3 Å². The van der Waals surface area contributed by atoms with E-state index >= 15 is 0 Å². The molecule has 134 valence electrons. The number of ether oxygens (including phenoxy) is 1. The van der Waals surface area contributed by atoms with Gasteiger partial charge in [-0.2, -0.15) is 4.98 Å². The molecule has 2 N–H and O–H groups in total. The number of anilines is 5. The van der Waals surface area contributed by atoms with Crippen molar-refractivity contribution in [3.8, 4) is 0 Å². The third-order valence-electron chi connectivity index (χ3n) is 4.04. The van der Waals surface area contributed by atoms with Crippen LogP contribution in [0.5, 0.6) is 0 Å². The Kier molecular flexibility index (Phi) is 4.65. The van der Waals surface area contributed by atoms with Gasteiger partial charge < -0.3 is 24.8 Å². The smallest absolute Gasteiger partial charge is 0.229 e. The highest BCUT2D eigenvalue weighted by Crippen LogP contribution is 2.28. The van der Waals surface area contributed by atoms with Gasteiger partial charge in [0, 0.05) is 25.4 Å². The van der Waals surface area contributed by atoms with Crippen molar-refractivity contribution in [3.63, 3.8) is 0 Å². The van der Waals surface area contributed by atoms with Crippen LogP contribution in [0.4, 0.5) is 29.0 Å². The molecule has 1 aliphatic heterocycles. The van der Waals surface area contributed by atoms with E-state index in [4.69, 9.17) is 9.26 Å². The van der Waals surface area contributed by atoms with Gasteiger partial charge in [-0.3, -0.25) is 0 Å². The van der Waals surface area contributed by atoms with Gasteiger partial charge in [-0.05, 0) is 25.1 Å². The molecule has 0 atom stereocenters. The lowest BCUT2D eigenvalue weighted by Gasteiger charge is -2.30. The largest absolute Gasteiger partial charge is 0.378 e. The molecular weight excluding hydrogens is 332 g/mol. The van der Waals surface area contributed by atoms with Crippen molar-refractivity contribution >= 4 is 29.0 Å². The van der Waals surface area contributed by atoms with Gasteiger partial charge in [0.25, 0.3) is 0 Å². The number of benzene rings is 1. The molecule has 0 bridgehead atoms. The number of nitrogens with one attached hydrogen (secondary N) is 2. The summed E-state index contributed by atoms with van der Waals surface area (Å²) in [6.45, 7) is 5.05. The van der Waals surface area contributed by atoms with E-state index in [1.807, 2.05) is 31.2 Å². The van der Waals surface area contributed by atoms with Gasteiger partial charge in [0.05, 0.1) is 24.6 Å². The Morgan fingerprint density at radius 1 is 1.04 bits per heavy atom. The molecule has 8 heteroatoms. The summed E-state index contributed by atoms with van der Waals surface area (Å²) in [5.74, 6) is 2.50. The van der Waals surface area contributed by atoms with Crippen LogP contribution in [0.2, 0.25) is 0 Å². The van der Waals surface area contributed by atoms with Gasteiger partial charge >= 0.3 is 0 Å². The molecule has 3 aromatic rings. The normalized spacial score (nSPS) is 14.3. The summed E-state index contributed by atoms with van der Waals surface area (Å²) in [4.78, 5) is 11.1. The summed E-state index contributed by atoms with van der Waals surface area (Å²) in [5, 5.41) is 10.3. The minimum Gasteiger partial charge on any atom is -0.378 e. The van der Waals surface area contributed by atoms with Gasteiger partial charge in [0.15, 0.2) is 5.82 Å². The first-order chi connectivity index (χ1) is 12.8. The number of aryl methyl sites for hydroxylation is 1. The van der Waals surface area contributed by atoms with Gasteiger partial charge in [-0.15, -0.1) is 0 Å². The number of aromatic nitrogens is 3. The molecule has 1 aliphatic rings. The highest BCUT2D eigenvalue weighted by molar-refractivity contribution is 5.73. The van der Waals surface area contributed by atoms with E-state index in [9.17, 15) is 0 Å². The molecule has 1 fully saturated rings. The predicted molar refractivity (Wildman–Crippen MR) is 99.3 cm³/mol. The maximum Gasteiger partial charge on any atom is 0.229 e. The van der Waals surface area contributed by atoms with Crippen LogP contribution in [0.3, 0.4) is 0 Å². The van der Waals surface area contributed by atoms with Gasteiger partial charge in [0.2, 0.25) is 5.95 Å². The maximum absolute atomic E-state index is 5.44. The standard InChI is InChI=1S/C18H20N6O2/c1-13-12-17(23-26-13)21-16-6-7-19-18(22-16)20-14-4-2-3-5-15(14)24-8-10-25-11-9-24/h2-7,12H,8-11H2,1H3,(H2,19,20,21,22,23). The molecule has 1 aromatic carbocycles. The number of para-hydroxylation sites is 2. The predicted octanol–water partition coefficient (Wildman–Crippen LogP) is 3.10. The summed E-state index contributed by atoms with van der Waals surface area (Å²) in [6.07, 6.45) is 1.70. The summed E-state index contributed by atoms with van der Waals surface area (Å²) < 4.78 is 10.5. The molecular formula is C18H20N6O2. The van der Waals surface area contributed by atoms with E-state index in [1.54, 1.807) is 12.3 Å². The summed E-state index contributed by atoms with van der Waals surface area (Å²) in [7, 11) is 0. The van der Waals surface area contributed by atoms with Crippen molar-refractivity contribution in [1.29, 1.82) is 0 Å². The number of nitrogens with zero attached hydrogens (tertiary/aromatic N) is 4. The van der Waals surface area contributed by atoms with E-state index in [0.717, 1.165) is 43.4 Å². The molecule has 0 spiro atoms. The second-order valence-corrected chi connectivity index (χ2v) is 5.95. The van der Waals surface area contributed by atoms with Crippen molar-refractivity contribution in [2.75, 3.05) is 41.8 Å². The zero-order valence-corrected chi connectivity index (χ0v) is 14.5. The van der Waals surface area contributed by atoms with E-state index in [2.05, 4.69) is 36.7 Å². The first-order valence-corrected chi connectivity index (χ1v) is 8.50. The van der Waals surface area contributed by atoms with Gasteiger partial charge in [0.1, 0.15) is 11.6 Å². The van der Waals surface area contributed by atoms with Crippen molar-refractivity contribution < 1.29 is 9.26 Å². The van der Waals surface area contributed by atoms with Crippen molar-refractivity contribution in [1.82, 2.24) is 15.1 Å². The quantitative estimate of drug-likeness (QED) is 0.724. The highest BCUT2D eigenvalue weighted by Gasteiger charge is 2.15. The van der Waals surface area contributed by atoms with Gasteiger partial charge in [-0.1, -0.05) is 17.3 Å². The Labute approximate surface area is 151 Å². The fraction of sp³-hybridized carbons (Fsp3) is 0.278. The van der Waals surface area contributed by atoms with Gasteiger partial charge in [-0.25, -0.2) is 4.98 Å². The average Bonchev–Trinajstić information content (AvgIpc) is 3.08. The Morgan fingerprint density at radius 2 is 1.88 bits per heavy atom. The third-order valence-corrected chi connectivity index (χ3v) is 4.04. The lowest BCUT2D eigenvalue weighted by Crippen LogP contribution is -2.36. The number of rotatable bonds is 5. The third kappa shape index (κ3) is 3.75. The fourth-order valence-corrected chi connectivity index (χ4v) is 2.82. The van der Waals surface area contributed by atoms with Crippen molar-refractivity contribution in [2.45, 2.75) is 6.92 Å². The molecule has 0 aliphatic carbocycles.